The van der Waals surface area contributed by atoms with E-state index in [1.807, 2.05) is 0 Å². The maximum absolute atomic E-state index is 12.2. The smallest absolute Gasteiger partial charge is 0.338 e. The van der Waals surface area contributed by atoms with Crippen LogP contribution in [0.2, 0.25) is 0 Å². The summed E-state index contributed by atoms with van der Waals surface area (Å²) in [5, 5.41) is 5.12. The van der Waals surface area contributed by atoms with Gasteiger partial charge in [0, 0.05) is 13.1 Å². The number of esters is 1. The van der Waals surface area contributed by atoms with E-state index in [1.165, 1.54) is 19.1 Å². The zero-order valence-corrected chi connectivity index (χ0v) is 14.3. The Morgan fingerprint density at radius 1 is 1.29 bits per heavy atom. The van der Waals surface area contributed by atoms with Crippen molar-refractivity contribution < 1.29 is 27.5 Å². The SMILES string of the molecule is Cc1ccc(C(=O)OC(C)C(=O)N2CCOCC2)cc1S(N)(=O)=O. The van der Waals surface area contributed by atoms with E-state index in [0.29, 0.717) is 31.9 Å². The van der Waals surface area contributed by atoms with Crippen molar-refractivity contribution in [1.29, 1.82) is 0 Å². The van der Waals surface area contributed by atoms with Gasteiger partial charge in [-0.25, -0.2) is 18.4 Å². The second kappa shape index (κ2) is 7.29. The molecule has 2 N–H and O–H groups in total. The van der Waals surface area contributed by atoms with Crippen LogP contribution in [-0.2, 0) is 24.3 Å². The Morgan fingerprint density at radius 2 is 1.92 bits per heavy atom. The highest BCUT2D eigenvalue weighted by Gasteiger charge is 2.26. The van der Waals surface area contributed by atoms with Crippen molar-refractivity contribution in [3.8, 4) is 0 Å². The third kappa shape index (κ3) is 4.31. The standard InChI is InChI=1S/C15H20N2O6S/c1-10-3-4-12(9-13(10)24(16,20)21)15(19)23-11(2)14(18)17-5-7-22-8-6-17/h3-4,9,11H,5-8H2,1-2H3,(H2,16,20,21). The Kier molecular flexibility index (Phi) is 5.58. The number of morpholine rings is 1. The predicted octanol–water partition coefficient (Wildman–Crippen LogP) is 0.0465. The van der Waals surface area contributed by atoms with Crippen molar-refractivity contribution in [3.05, 3.63) is 29.3 Å². The van der Waals surface area contributed by atoms with Crippen LogP contribution in [-0.4, -0.2) is 57.6 Å². The lowest BCUT2D eigenvalue weighted by Crippen LogP contribution is -2.46. The number of nitrogens with two attached hydrogens (primary N) is 1. The summed E-state index contributed by atoms with van der Waals surface area (Å²) in [6, 6.07) is 4.04. The average Bonchev–Trinajstić information content (AvgIpc) is 2.54. The third-order valence-corrected chi connectivity index (χ3v) is 4.74. The number of benzene rings is 1. The molecule has 0 bridgehead atoms. The molecule has 1 amide bonds. The summed E-state index contributed by atoms with van der Waals surface area (Å²) in [5.41, 5.74) is 0.442. The summed E-state index contributed by atoms with van der Waals surface area (Å²) in [6.07, 6.45) is -0.977. The highest BCUT2D eigenvalue weighted by molar-refractivity contribution is 7.89. The van der Waals surface area contributed by atoms with E-state index in [-0.39, 0.29) is 16.4 Å². The molecule has 0 saturated carbocycles. The van der Waals surface area contributed by atoms with Crippen molar-refractivity contribution in [2.75, 3.05) is 26.3 Å². The molecule has 132 valence electrons. The second-order valence-electron chi connectivity index (χ2n) is 5.51. The molecular formula is C15H20N2O6S. The van der Waals surface area contributed by atoms with Gasteiger partial charge in [0.05, 0.1) is 23.7 Å². The van der Waals surface area contributed by atoms with Crippen LogP contribution in [0.1, 0.15) is 22.8 Å². The first kappa shape index (κ1) is 18.4. The van der Waals surface area contributed by atoms with Gasteiger partial charge < -0.3 is 14.4 Å². The van der Waals surface area contributed by atoms with Gasteiger partial charge in [-0.1, -0.05) is 6.07 Å². The van der Waals surface area contributed by atoms with Crippen molar-refractivity contribution in [2.45, 2.75) is 24.8 Å². The molecule has 9 heteroatoms. The number of hydrogen-bond acceptors (Lipinski definition) is 6. The Labute approximate surface area is 140 Å². The van der Waals surface area contributed by atoms with Crippen molar-refractivity contribution in [3.63, 3.8) is 0 Å². The summed E-state index contributed by atoms with van der Waals surface area (Å²) < 4.78 is 33.4. The average molecular weight is 356 g/mol. The third-order valence-electron chi connectivity index (χ3n) is 3.68. The normalized spacial score (nSPS) is 16.5. The molecule has 1 unspecified atom stereocenters. The highest BCUT2D eigenvalue weighted by atomic mass is 32.2. The van der Waals surface area contributed by atoms with Crippen LogP contribution >= 0.6 is 0 Å². The number of sulfonamides is 1. The Balaban J connectivity index is 2.10. The molecule has 1 fully saturated rings. The molecule has 8 nitrogen and oxygen atoms in total. The molecule has 1 aromatic rings. The Bertz CT molecular complexity index is 740. The number of carbonyl (C=O) groups is 2. The number of amides is 1. The van der Waals surface area contributed by atoms with Gasteiger partial charge in [0.2, 0.25) is 10.0 Å². The first-order valence-electron chi connectivity index (χ1n) is 7.41. The first-order chi connectivity index (χ1) is 11.2. The van der Waals surface area contributed by atoms with Gasteiger partial charge in [0.1, 0.15) is 0 Å². The molecule has 0 aliphatic carbocycles. The van der Waals surface area contributed by atoms with Crippen molar-refractivity contribution in [1.82, 2.24) is 4.90 Å². The summed E-state index contributed by atoms with van der Waals surface area (Å²) in [6.45, 7) is 4.83. The minimum atomic E-state index is -3.95. The van der Waals surface area contributed by atoms with Crippen LogP contribution in [0.25, 0.3) is 0 Å². The minimum Gasteiger partial charge on any atom is -0.449 e. The van der Waals surface area contributed by atoms with E-state index in [1.54, 1.807) is 11.8 Å². The lowest BCUT2D eigenvalue weighted by atomic mass is 10.1. The molecule has 0 aromatic heterocycles. The minimum absolute atomic E-state index is 0.0197. The number of ether oxygens (including phenoxy) is 2. The molecule has 1 saturated heterocycles. The number of carbonyl (C=O) groups excluding carboxylic acids is 2. The number of nitrogens with zero attached hydrogens (tertiary/aromatic N) is 1. The Morgan fingerprint density at radius 3 is 2.50 bits per heavy atom. The molecule has 1 aliphatic rings. The molecule has 0 spiro atoms. The number of aryl methyl sites for hydroxylation is 1. The van der Waals surface area contributed by atoms with Crippen LogP contribution in [0.4, 0.5) is 0 Å². The fourth-order valence-corrected chi connectivity index (χ4v) is 3.16. The van der Waals surface area contributed by atoms with Crippen molar-refractivity contribution in [2.24, 2.45) is 5.14 Å². The molecule has 1 aromatic carbocycles. The van der Waals surface area contributed by atoms with Gasteiger partial charge in [-0.2, -0.15) is 0 Å². The van der Waals surface area contributed by atoms with Gasteiger partial charge >= 0.3 is 5.97 Å². The zero-order chi connectivity index (χ0) is 17.9. The fraction of sp³-hybridized carbons (Fsp3) is 0.467. The van der Waals surface area contributed by atoms with E-state index in [2.05, 4.69) is 0 Å². The zero-order valence-electron chi connectivity index (χ0n) is 13.5. The van der Waals surface area contributed by atoms with E-state index in [0.717, 1.165) is 6.07 Å². The maximum atomic E-state index is 12.2. The molecule has 1 atom stereocenters. The van der Waals surface area contributed by atoms with Gasteiger partial charge in [0.15, 0.2) is 6.10 Å². The molecule has 24 heavy (non-hydrogen) atoms. The Hall–Kier alpha value is -1.97. The molecule has 1 aliphatic heterocycles. The van der Waals surface area contributed by atoms with Crippen LogP contribution in [0.3, 0.4) is 0 Å². The largest absolute Gasteiger partial charge is 0.449 e. The van der Waals surface area contributed by atoms with Gasteiger partial charge in [-0.15, -0.1) is 0 Å². The summed E-state index contributed by atoms with van der Waals surface area (Å²) in [7, 11) is -3.95. The number of rotatable bonds is 4. The van der Waals surface area contributed by atoms with Gasteiger partial charge in [0.25, 0.3) is 5.91 Å². The number of hydrogen-bond donors (Lipinski definition) is 1. The summed E-state index contributed by atoms with van der Waals surface area (Å²) in [4.78, 5) is 25.8. The quantitative estimate of drug-likeness (QED) is 0.762. The lowest BCUT2D eigenvalue weighted by Gasteiger charge is -2.29. The molecule has 2 rings (SSSR count). The summed E-state index contributed by atoms with van der Waals surface area (Å²) in [5.74, 6) is -1.10. The molecule has 1 heterocycles. The molecule has 0 radical (unpaired) electrons. The van der Waals surface area contributed by atoms with E-state index in [4.69, 9.17) is 14.6 Å². The van der Waals surface area contributed by atoms with Crippen LogP contribution in [0.15, 0.2) is 23.1 Å². The van der Waals surface area contributed by atoms with E-state index >= 15 is 0 Å². The van der Waals surface area contributed by atoms with E-state index < -0.39 is 22.1 Å². The van der Waals surface area contributed by atoms with Crippen molar-refractivity contribution >= 4 is 21.9 Å². The van der Waals surface area contributed by atoms with E-state index in [9.17, 15) is 18.0 Å². The van der Waals surface area contributed by atoms with Crippen LogP contribution in [0, 0.1) is 6.92 Å². The van der Waals surface area contributed by atoms with Crippen LogP contribution < -0.4 is 5.14 Å². The maximum Gasteiger partial charge on any atom is 0.338 e. The summed E-state index contributed by atoms with van der Waals surface area (Å²) >= 11 is 0. The first-order valence-corrected chi connectivity index (χ1v) is 8.96. The van der Waals surface area contributed by atoms with Crippen LogP contribution in [0.5, 0.6) is 0 Å². The predicted molar refractivity (Wildman–Crippen MR) is 84.8 cm³/mol. The topological polar surface area (TPSA) is 116 Å². The fourth-order valence-electron chi connectivity index (χ4n) is 2.35. The number of primary sulfonamides is 1. The molecular weight excluding hydrogens is 336 g/mol. The van der Waals surface area contributed by atoms with Gasteiger partial charge in [-0.05, 0) is 31.5 Å². The monoisotopic (exact) mass is 356 g/mol. The highest BCUT2D eigenvalue weighted by Crippen LogP contribution is 2.17. The lowest BCUT2D eigenvalue weighted by molar-refractivity contribution is -0.143. The second-order valence-corrected chi connectivity index (χ2v) is 7.04. The van der Waals surface area contributed by atoms with Gasteiger partial charge in [-0.3, -0.25) is 4.79 Å².